The Morgan fingerprint density at radius 3 is 2.67 bits per heavy atom. The van der Waals surface area contributed by atoms with Crippen molar-refractivity contribution >= 4 is 16.7 Å². The van der Waals surface area contributed by atoms with Crippen molar-refractivity contribution < 1.29 is 9.90 Å². The van der Waals surface area contributed by atoms with E-state index in [4.69, 9.17) is 10.8 Å². The van der Waals surface area contributed by atoms with Crippen molar-refractivity contribution in [3.63, 3.8) is 0 Å². The summed E-state index contributed by atoms with van der Waals surface area (Å²) in [4.78, 5) is 12.0. The molecule has 21 heavy (non-hydrogen) atoms. The molecule has 0 saturated heterocycles. The van der Waals surface area contributed by atoms with E-state index >= 15 is 0 Å². The maximum absolute atomic E-state index is 12.0. The number of hydrogen-bond donors (Lipinski definition) is 2. The molecular weight excluding hydrogens is 264 g/mol. The van der Waals surface area contributed by atoms with Gasteiger partial charge in [0.05, 0.1) is 5.52 Å². The average molecular weight is 288 g/mol. The van der Waals surface area contributed by atoms with Crippen molar-refractivity contribution in [2.75, 3.05) is 6.61 Å². The van der Waals surface area contributed by atoms with E-state index in [1.807, 2.05) is 19.9 Å². The van der Waals surface area contributed by atoms with Crippen LogP contribution >= 0.6 is 0 Å². The number of ketones is 1. The first-order valence-electron chi connectivity index (χ1n) is 7.44. The molecule has 0 radical (unpaired) electrons. The molecule has 0 aliphatic carbocycles. The maximum Gasteiger partial charge on any atom is 0.161 e. The minimum atomic E-state index is 0.0647. The van der Waals surface area contributed by atoms with E-state index in [2.05, 4.69) is 16.7 Å². The van der Waals surface area contributed by atoms with Crippen molar-refractivity contribution in [3.05, 3.63) is 35.0 Å². The maximum atomic E-state index is 12.0. The second kappa shape index (κ2) is 6.41. The summed E-state index contributed by atoms with van der Waals surface area (Å²) in [7, 11) is 0. The molecule has 0 aliphatic heterocycles. The van der Waals surface area contributed by atoms with Crippen LogP contribution in [0.3, 0.4) is 0 Å². The summed E-state index contributed by atoms with van der Waals surface area (Å²) in [5.74, 6) is 0.0647. The molecule has 3 N–H and O–H groups in total. The molecule has 0 saturated carbocycles. The second-order valence-electron chi connectivity index (χ2n) is 5.83. The van der Waals surface area contributed by atoms with Crippen LogP contribution in [0.4, 0.5) is 0 Å². The minimum Gasteiger partial charge on any atom is -0.396 e. The Morgan fingerprint density at radius 1 is 1.38 bits per heavy atom. The Bertz CT molecular complexity index is 656. The molecule has 0 aliphatic rings. The van der Waals surface area contributed by atoms with Crippen LogP contribution in [0.1, 0.15) is 41.9 Å². The van der Waals surface area contributed by atoms with Gasteiger partial charge in [-0.3, -0.25) is 4.79 Å². The normalized spacial score (nSPS) is 12.8. The van der Waals surface area contributed by atoms with E-state index < -0.39 is 0 Å². The van der Waals surface area contributed by atoms with Gasteiger partial charge in [0, 0.05) is 35.8 Å². The number of hydrogen-bond acceptors (Lipinski definition) is 3. The predicted molar refractivity (Wildman–Crippen MR) is 85.7 cm³/mol. The summed E-state index contributed by atoms with van der Waals surface area (Å²) in [6, 6.07) is 6.25. The first-order chi connectivity index (χ1) is 9.93. The van der Waals surface area contributed by atoms with E-state index in [0.29, 0.717) is 6.42 Å². The quantitative estimate of drug-likeness (QED) is 0.802. The van der Waals surface area contributed by atoms with Crippen LogP contribution in [0.25, 0.3) is 10.9 Å². The number of benzene rings is 1. The Balaban J connectivity index is 2.62. The first-order valence-corrected chi connectivity index (χ1v) is 7.44. The molecule has 1 heterocycles. The van der Waals surface area contributed by atoms with Crippen molar-refractivity contribution in [3.8, 4) is 0 Å². The zero-order valence-corrected chi connectivity index (χ0v) is 13.0. The van der Waals surface area contributed by atoms with Crippen molar-refractivity contribution in [2.24, 2.45) is 5.73 Å². The minimum absolute atomic E-state index is 0.0647. The Hall–Kier alpha value is -1.65. The summed E-state index contributed by atoms with van der Waals surface area (Å²) in [6.07, 6.45) is 1.45. The van der Waals surface area contributed by atoms with Gasteiger partial charge in [0.2, 0.25) is 0 Å². The number of nitrogens with zero attached hydrogens (tertiary/aromatic N) is 1. The van der Waals surface area contributed by atoms with Crippen molar-refractivity contribution in [2.45, 2.75) is 46.2 Å². The fourth-order valence-corrected chi connectivity index (χ4v) is 2.88. The van der Waals surface area contributed by atoms with Crippen LogP contribution in [-0.4, -0.2) is 28.1 Å². The van der Waals surface area contributed by atoms with E-state index in [9.17, 15) is 4.79 Å². The van der Waals surface area contributed by atoms with Crippen LogP contribution in [0.15, 0.2) is 18.2 Å². The molecule has 0 unspecified atom stereocenters. The lowest BCUT2D eigenvalue weighted by molar-refractivity contribution is 0.101. The van der Waals surface area contributed by atoms with Crippen molar-refractivity contribution in [1.29, 1.82) is 0 Å². The molecule has 2 aromatic rings. The number of Topliss-reactive ketones (excluding diaryl/α,β-unsaturated/α-hetero) is 1. The lowest BCUT2D eigenvalue weighted by Gasteiger charge is -2.12. The molecule has 1 aromatic heterocycles. The molecular formula is C17H24N2O2. The lowest BCUT2D eigenvalue weighted by Crippen LogP contribution is -2.18. The van der Waals surface area contributed by atoms with Crippen LogP contribution in [0, 0.1) is 6.92 Å². The lowest BCUT2D eigenvalue weighted by atomic mass is 10.00. The Morgan fingerprint density at radius 2 is 2.10 bits per heavy atom. The third-order valence-corrected chi connectivity index (χ3v) is 3.74. The third kappa shape index (κ3) is 3.34. The fraction of sp³-hybridized carbons (Fsp3) is 0.471. The molecule has 4 nitrogen and oxygen atoms in total. The van der Waals surface area contributed by atoms with Crippen LogP contribution < -0.4 is 5.73 Å². The van der Waals surface area contributed by atoms with Gasteiger partial charge in [-0.2, -0.15) is 0 Å². The summed E-state index contributed by atoms with van der Waals surface area (Å²) in [6.45, 7) is 6.47. The number of aryl methyl sites for hydroxylation is 2. The van der Waals surface area contributed by atoms with Gasteiger partial charge in [0.15, 0.2) is 5.78 Å². The van der Waals surface area contributed by atoms with Crippen LogP contribution in [-0.2, 0) is 13.0 Å². The molecule has 0 fully saturated rings. The number of fused-ring (bicyclic) bond motifs is 1. The number of nitrogens with two attached hydrogens (primary N) is 1. The summed E-state index contributed by atoms with van der Waals surface area (Å²) < 4.78 is 2.12. The number of aliphatic hydroxyl groups excluding tert-OH is 1. The van der Waals surface area contributed by atoms with E-state index in [1.54, 1.807) is 6.92 Å². The summed E-state index contributed by atoms with van der Waals surface area (Å²) in [5.41, 5.74) is 9.81. The zero-order valence-electron chi connectivity index (χ0n) is 13.0. The number of carbonyl (C=O) groups excluding carboxylic acids is 1. The highest BCUT2D eigenvalue weighted by Gasteiger charge is 2.15. The predicted octanol–water partition coefficient (Wildman–Crippen LogP) is 2.42. The standard InChI is InChI=1S/C17H24N2O2/c1-11(18)7-14-9-15-8-12(2)19(5-4-6-20)17(15)16(10-14)13(3)21/h8-11,20H,4-7,18H2,1-3H3/t11-/m1/s1. The van der Waals surface area contributed by atoms with Crippen LogP contribution in [0.2, 0.25) is 0 Å². The van der Waals surface area contributed by atoms with Gasteiger partial charge in [-0.15, -0.1) is 0 Å². The molecule has 2 rings (SSSR count). The highest BCUT2D eigenvalue weighted by atomic mass is 16.3. The average Bonchev–Trinajstić information content (AvgIpc) is 2.70. The van der Waals surface area contributed by atoms with Gasteiger partial charge in [-0.25, -0.2) is 0 Å². The highest BCUT2D eigenvalue weighted by molar-refractivity contribution is 6.06. The molecule has 114 valence electrons. The van der Waals surface area contributed by atoms with Crippen LogP contribution in [0.5, 0.6) is 0 Å². The number of aliphatic hydroxyl groups is 1. The number of aromatic nitrogens is 1. The van der Waals surface area contributed by atoms with E-state index in [-0.39, 0.29) is 18.4 Å². The van der Waals surface area contributed by atoms with Gasteiger partial charge < -0.3 is 15.4 Å². The second-order valence-corrected chi connectivity index (χ2v) is 5.83. The molecule has 1 atom stereocenters. The van der Waals surface area contributed by atoms with Crippen molar-refractivity contribution in [1.82, 2.24) is 4.57 Å². The van der Waals surface area contributed by atoms with Gasteiger partial charge in [-0.1, -0.05) is 0 Å². The zero-order chi connectivity index (χ0) is 15.6. The third-order valence-electron chi connectivity index (χ3n) is 3.74. The largest absolute Gasteiger partial charge is 0.396 e. The highest BCUT2D eigenvalue weighted by Crippen LogP contribution is 2.26. The van der Waals surface area contributed by atoms with E-state index in [1.165, 1.54) is 0 Å². The fourth-order valence-electron chi connectivity index (χ4n) is 2.88. The van der Waals surface area contributed by atoms with E-state index in [0.717, 1.165) is 40.7 Å². The Kier molecular flexibility index (Phi) is 4.80. The molecule has 0 amide bonds. The molecule has 0 spiro atoms. The number of rotatable bonds is 6. The molecule has 0 bridgehead atoms. The smallest absolute Gasteiger partial charge is 0.161 e. The topological polar surface area (TPSA) is 68.2 Å². The van der Waals surface area contributed by atoms with Gasteiger partial charge in [-0.05, 0) is 57.4 Å². The first kappa shape index (κ1) is 15.7. The molecule has 1 aromatic carbocycles. The van der Waals surface area contributed by atoms with Gasteiger partial charge in [0.1, 0.15) is 0 Å². The Labute approximate surface area is 125 Å². The monoisotopic (exact) mass is 288 g/mol. The summed E-state index contributed by atoms with van der Waals surface area (Å²) >= 11 is 0. The summed E-state index contributed by atoms with van der Waals surface area (Å²) in [5, 5.41) is 10.1. The van der Waals surface area contributed by atoms with Gasteiger partial charge in [0.25, 0.3) is 0 Å². The van der Waals surface area contributed by atoms with Gasteiger partial charge >= 0.3 is 0 Å². The molecule has 4 heteroatoms. The number of carbonyl (C=O) groups is 1. The SMILES string of the molecule is CC(=O)c1cc(C[C@@H](C)N)cc2cc(C)n(CCCO)c12.